The smallest absolute Gasteiger partial charge is 0.150 e. The largest absolute Gasteiger partial charge is 0.399 e. The summed E-state index contributed by atoms with van der Waals surface area (Å²) in [4.78, 5) is 14.1. The number of aldehydes is 1. The highest BCUT2D eigenvalue weighted by Crippen LogP contribution is 2.25. The molecule has 3 nitrogen and oxygen atoms in total. The van der Waals surface area contributed by atoms with E-state index in [9.17, 15) is 4.79 Å². The van der Waals surface area contributed by atoms with Crippen LogP contribution in [0.25, 0.3) is 22.2 Å². The molecule has 0 saturated heterocycles. The van der Waals surface area contributed by atoms with E-state index in [2.05, 4.69) is 4.98 Å². The Bertz CT molecular complexity index is 730. The third-order valence-electron chi connectivity index (χ3n) is 2.98. The van der Waals surface area contributed by atoms with Gasteiger partial charge in [0.1, 0.15) is 6.29 Å². The first kappa shape index (κ1) is 21.4. The van der Waals surface area contributed by atoms with E-state index in [0.29, 0.717) is 5.56 Å². The van der Waals surface area contributed by atoms with Crippen molar-refractivity contribution in [3.8, 4) is 11.3 Å². The third kappa shape index (κ3) is 5.58. The highest BCUT2D eigenvalue weighted by Gasteiger charge is 2.04. The first-order valence-electron chi connectivity index (χ1n) is 8.70. The fourth-order valence-electron chi connectivity index (χ4n) is 2.09. The average molecular weight is 326 g/mol. The fraction of sp³-hybridized carbons (Fsp3) is 0.286. The zero-order chi connectivity index (χ0) is 18.5. The first-order chi connectivity index (χ1) is 11.8. The van der Waals surface area contributed by atoms with Crippen LogP contribution in [0.4, 0.5) is 5.69 Å². The predicted octanol–water partition coefficient (Wildman–Crippen LogP) is 6.31. The minimum absolute atomic E-state index is 0.681. The number of benzene rings is 2. The lowest BCUT2D eigenvalue weighted by molar-refractivity contribution is 0.112. The van der Waals surface area contributed by atoms with Crippen molar-refractivity contribution in [1.82, 2.24) is 4.98 Å². The van der Waals surface area contributed by atoms with Crippen LogP contribution in [-0.2, 0) is 0 Å². The summed E-state index contributed by atoms with van der Waals surface area (Å²) in [6.07, 6.45) is 0.854. The van der Waals surface area contributed by atoms with Gasteiger partial charge in [0.05, 0.1) is 0 Å². The Morgan fingerprint density at radius 1 is 0.875 bits per heavy atom. The van der Waals surface area contributed by atoms with Crippen molar-refractivity contribution >= 4 is 22.9 Å². The van der Waals surface area contributed by atoms with Crippen LogP contribution in [0.15, 0.2) is 48.5 Å². The number of H-pyrrole nitrogens is 1. The number of anilines is 1. The molecule has 0 atom stereocenters. The van der Waals surface area contributed by atoms with Gasteiger partial charge in [-0.2, -0.15) is 0 Å². The monoisotopic (exact) mass is 326 g/mol. The minimum Gasteiger partial charge on any atom is -0.399 e. The lowest BCUT2D eigenvalue weighted by Crippen LogP contribution is -1.84. The van der Waals surface area contributed by atoms with Crippen LogP contribution in [0.5, 0.6) is 0 Å². The summed E-state index contributed by atoms with van der Waals surface area (Å²) in [5.74, 6) is 0. The van der Waals surface area contributed by atoms with Crippen LogP contribution in [-0.4, -0.2) is 11.3 Å². The zero-order valence-electron chi connectivity index (χ0n) is 15.7. The van der Waals surface area contributed by atoms with Gasteiger partial charge in [-0.1, -0.05) is 53.7 Å². The molecule has 3 aromatic rings. The van der Waals surface area contributed by atoms with Gasteiger partial charge in [0.15, 0.2) is 0 Å². The first-order valence-corrected chi connectivity index (χ1v) is 8.70. The molecule has 0 aliphatic heterocycles. The molecule has 3 N–H and O–H groups in total. The van der Waals surface area contributed by atoms with Crippen molar-refractivity contribution < 1.29 is 4.79 Å². The molecule has 0 aliphatic rings. The molecule has 3 rings (SSSR count). The molecule has 0 unspecified atom stereocenters. The summed E-state index contributed by atoms with van der Waals surface area (Å²) in [6.45, 7) is 12.0. The van der Waals surface area contributed by atoms with Gasteiger partial charge in [0, 0.05) is 27.8 Å². The molecule has 1 heterocycles. The molecular formula is C21H30N2O. The molecule has 130 valence electrons. The van der Waals surface area contributed by atoms with Gasteiger partial charge >= 0.3 is 0 Å². The van der Waals surface area contributed by atoms with Crippen LogP contribution in [0.3, 0.4) is 0 Å². The molecular weight excluding hydrogens is 296 g/mol. The second kappa shape index (κ2) is 11.9. The molecule has 0 spiro atoms. The molecule has 0 fully saturated rings. The second-order valence-corrected chi connectivity index (χ2v) is 4.27. The summed E-state index contributed by atoms with van der Waals surface area (Å²) in [5.41, 5.74) is 10.2. The van der Waals surface area contributed by atoms with Crippen molar-refractivity contribution in [3.05, 3.63) is 54.1 Å². The number of rotatable bonds is 2. The van der Waals surface area contributed by atoms with E-state index >= 15 is 0 Å². The van der Waals surface area contributed by atoms with E-state index in [4.69, 9.17) is 5.73 Å². The van der Waals surface area contributed by atoms with Crippen molar-refractivity contribution in [2.75, 3.05) is 5.73 Å². The van der Waals surface area contributed by atoms with Gasteiger partial charge in [-0.25, -0.2) is 0 Å². The number of nitrogens with two attached hydrogens (primary N) is 1. The Kier molecular flexibility index (Phi) is 10.7. The van der Waals surface area contributed by atoms with Gasteiger partial charge in [-0.05, 0) is 42.0 Å². The van der Waals surface area contributed by atoms with E-state index in [1.807, 2.05) is 84.0 Å². The second-order valence-electron chi connectivity index (χ2n) is 4.27. The van der Waals surface area contributed by atoms with Crippen LogP contribution in [0.1, 0.15) is 51.9 Å². The quantitative estimate of drug-likeness (QED) is 0.428. The van der Waals surface area contributed by atoms with E-state index in [0.717, 1.165) is 34.1 Å². The number of fused-ring (bicyclic) bond motifs is 1. The molecule has 0 radical (unpaired) electrons. The highest BCUT2D eigenvalue weighted by atomic mass is 16.1. The standard InChI is InChI=1S/C15H12N2O.3C2H6/c16-13-3-1-2-11(7-13)15-8-12-6-10(9-18)4-5-14(12)17-15;3*1-2/h1-9,17H,16H2;3*1-2H3. The average Bonchev–Trinajstić information content (AvgIpc) is 3.10. The van der Waals surface area contributed by atoms with E-state index in [-0.39, 0.29) is 0 Å². The maximum Gasteiger partial charge on any atom is 0.150 e. The molecule has 0 bridgehead atoms. The normalized spacial score (nSPS) is 8.75. The zero-order valence-corrected chi connectivity index (χ0v) is 15.7. The SMILES string of the molecule is CC.CC.CC.Nc1cccc(-c2cc3cc(C=O)ccc3[nH]2)c1. The molecule has 3 heteroatoms. The van der Waals surface area contributed by atoms with E-state index in [1.165, 1.54) is 0 Å². The Hall–Kier alpha value is -2.55. The van der Waals surface area contributed by atoms with Crippen molar-refractivity contribution in [3.63, 3.8) is 0 Å². The number of hydrogen-bond acceptors (Lipinski definition) is 2. The maximum absolute atomic E-state index is 10.7. The van der Waals surface area contributed by atoms with Crippen molar-refractivity contribution in [1.29, 1.82) is 0 Å². The van der Waals surface area contributed by atoms with E-state index < -0.39 is 0 Å². The molecule has 2 aromatic carbocycles. The van der Waals surface area contributed by atoms with Gasteiger partial charge in [0.25, 0.3) is 0 Å². The Balaban J connectivity index is 0.000000798. The van der Waals surface area contributed by atoms with Gasteiger partial charge < -0.3 is 10.7 Å². The molecule has 0 amide bonds. The fourth-order valence-corrected chi connectivity index (χ4v) is 2.09. The molecule has 24 heavy (non-hydrogen) atoms. The number of nitrogens with one attached hydrogen (secondary N) is 1. The number of hydrogen-bond donors (Lipinski definition) is 2. The number of aromatic nitrogens is 1. The van der Waals surface area contributed by atoms with Gasteiger partial charge in [-0.3, -0.25) is 4.79 Å². The number of aromatic amines is 1. The van der Waals surface area contributed by atoms with Crippen LogP contribution >= 0.6 is 0 Å². The Morgan fingerprint density at radius 3 is 2.12 bits per heavy atom. The Morgan fingerprint density at radius 2 is 1.54 bits per heavy atom. The minimum atomic E-state index is 0.681. The van der Waals surface area contributed by atoms with Crippen LogP contribution in [0, 0.1) is 0 Å². The summed E-state index contributed by atoms with van der Waals surface area (Å²) in [6, 6.07) is 15.3. The molecule has 1 aromatic heterocycles. The predicted molar refractivity (Wildman–Crippen MR) is 108 cm³/mol. The van der Waals surface area contributed by atoms with Crippen LogP contribution in [0.2, 0.25) is 0 Å². The van der Waals surface area contributed by atoms with Gasteiger partial charge in [0.2, 0.25) is 0 Å². The maximum atomic E-state index is 10.7. The summed E-state index contributed by atoms with van der Waals surface area (Å²) < 4.78 is 0. The highest BCUT2D eigenvalue weighted by molar-refractivity contribution is 5.90. The topological polar surface area (TPSA) is 58.9 Å². The summed E-state index contributed by atoms with van der Waals surface area (Å²) in [5, 5.41) is 1.03. The van der Waals surface area contributed by atoms with E-state index in [1.54, 1.807) is 6.07 Å². The summed E-state index contributed by atoms with van der Waals surface area (Å²) in [7, 11) is 0. The third-order valence-corrected chi connectivity index (χ3v) is 2.98. The van der Waals surface area contributed by atoms with Gasteiger partial charge in [-0.15, -0.1) is 0 Å². The van der Waals surface area contributed by atoms with Crippen LogP contribution < -0.4 is 5.73 Å². The molecule has 0 saturated carbocycles. The van der Waals surface area contributed by atoms with Crippen molar-refractivity contribution in [2.45, 2.75) is 41.5 Å². The number of nitrogen functional groups attached to an aromatic ring is 1. The number of carbonyl (C=O) groups excluding carboxylic acids is 1. The number of carbonyl (C=O) groups is 1. The lowest BCUT2D eigenvalue weighted by atomic mass is 10.1. The summed E-state index contributed by atoms with van der Waals surface area (Å²) >= 11 is 0. The Labute approximate surface area is 145 Å². The molecule has 0 aliphatic carbocycles. The lowest BCUT2D eigenvalue weighted by Gasteiger charge is -1.98. The van der Waals surface area contributed by atoms with Crippen molar-refractivity contribution in [2.24, 2.45) is 0 Å².